The zero-order valence-electron chi connectivity index (χ0n) is 11.3. The van der Waals surface area contributed by atoms with Gasteiger partial charge >= 0.3 is 0 Å². The van der Waals surface area contributed by atoms with Gasteiger partial charge in [-0.1, -0.05) is 0 Å². The minimum atomic E-state index is 0.371. The van der Waals surface area contributed by atoms with E-state index < -0.39 is 0 Å². The lowest BCUT2D eigenvalue weighted by Crippen LogP contribution is -2.06. The third kappa shape index (κ3) is 2.50. The molecule has 0 unspecified atom stereocenters. The predicted molar refractivity (Wildman–Crippen MR) is 71.4 cm³/mol. The van der Waals surface area contributed by atoms with Crippen LogP contribution in [0, 0.1) is 13.8 Å². The third-order valence-corrected chi connectivity index (χ3v) is 2.88. The van der Waals surface area contributed by atoms with Gasteiger partial charge < -0.3 is 5.32 Å². The van der Waals surface area contributed by atoms with Crippen molar-refractivity contribution in [3.8, 4) is 0 Å². The topological polar surface area (TPSA) is 55.6 Å². The van der Waals surface area contributed by atoms with Gasteiger partial charge in [0.2, 0.25) is 0 Å². The van der Waals surface area contributed by atoms with Gasteiger partial charge in [-0.2, -0.15) is 5.10 Å². The van der Waals surface area contributed by atoms with Crippen LogP contribution in [0.25, 0.3) is 0 Å². The molecule has 1 N–H and O–H groups in total. The first-order valence-corrected chi connectivity index (χ1v) is 6.14. The largest absolute Gasteiger partial charge is 0.376 e. The Hall–Kier alpha value is -1.91. The maximum atomic E-state index is 4.54. The van der Waals surface area contributed by atoms with E-state index in [0.717, 1.165) is 22.8 Å². The van der Waals surface area contributed by atoms with Crippen molar-refractivity contribution in [1.29, 1.82) is 0 Å². The summed E-state index contributed by atoms with van der Waals surface area (Å²) in [7, 11) is 0. The number of hydrogen-bond acceptors (Lipinski definition) is 4. The Bertz CT molecular complexity index is 516. The molecule has 0 amide bonds. The Kier molecular flexibility index (Phi) is 3.60. The molecule has 2 rings (SSSR count). The summed E-state index contributed by atoms with van der Waals surface area (Å²) >= 11 is 0. The van der Waals surface area contributed by atoms with Crippen molar-refractivity contribution in [1.82, 2.24) is 19.7 Å². The van der Waals surface area contributed by atoms with Crippen molar-refractivity contribution >= 4 is 5.69 Å². The molecule has 0 atom stereocenters. The van der Waals surface area contributed by atoms with Crippen LogP contribution in [0.5, 0.6) is 0 Å². The lowest BCUT2D eigenvalue weighted by atomic mass is 10.3. The standard InChI is InChI=1S/C13H19N5/c1-9(2)18-11(4)13(10(3)17-18)16-8-12-7-14-5-6-15-12/h5-7,9,16H,8H2,1-4H3. The quantitative estimate of drug-likeness (QED) is 0.899. The molecule has 0 aliphatic carbocycles. The SMILES string of the molecule is Cc1nn(C(C)C)c(C)c1NCc1cnccn1. The molecule has 0 saturated carbocycles. The number of hydrogen-bond donors (Lipinski definition) is 1. The summed E-state index contributed by atoms with van der Waals surface area (Å²) in [6, 6.07) is 0.371. The molecular weight excluding hydrogens is 226 g/mol. The van der Waals surface area contributed by atoms with Crippen molar-refractivity contribution in [2.45, 2.75) is 40.3 Å². The van der Waals surface area contributed by atoms with Crippen molar-refractivity contribution in [2.75, 3.05) is 5.32 Å². The van der Waals surface area contributed by atoms with Crippen molar-refractivity contribution in [3.63, 3.8) is 0 Å². The van der Waals surface area contributed by atoms with E-state index in [1.807, 2.05) is 11.6 Å². The molecule has 0 aliphatic heterocycles. The fourth-order valence-corrected chi connectivity index (χ4v) is 2.02. The van der Waals surface area contributed by atoms with Gasteiger partial charge in [0.15, 0.2) is 0 Å². The van der Waals surface area contributed by atoms with Crippen molar-refractivity contribution < 1.29 is 0 Å². The van der Waals surface area contributed by atoms with Crippen molar-refractivity contribution in [3.05, 3.63) is 35.7 Å². The second-order valence-corrected chi connectivity index (χ2v) is 4.63. The zero-order chi connectivity index (χ0) is 13.1. The normalized spacial score (nSPS) is 10.9. The van der Waals surface area contributed by atoms with Crippen LogP contribution in [0.15, 0.2) is 18.6 Å². The van der Waals surface area contributed by atoms with Crippen LogP contribution >= 0.6 is 0 Å². The smallest absolute Gasteiger partial charge is 0.0828 e. The minimum absolute atomic E-state index is 0.371. The molecule has 0 aromatic carbocycles. The second-order valence-electron chi connectivity index (χ2n) is 4.63. The number of nitrogens with one attached hydrogen (secondary N) is 1. The number of aromatic nitrogens is 4. The van der Waals surface area contributed by atoms with Gasteiger partial charge in [0.25, 0.3) is 0 Å². The van der Waals surface area contributed by atoms with Gasteiger partial charge in [-0.25, -0.2) is 0 Å². The molecular formula is C13H19N5. The Morgan fingerprint density at radius 1 is 1.28 bits per heavy atom. The first-order chi connectivity index (χ1) is 8.59. The van der Waals surface area contributed by atoms with Crippen LogP contribution in [0.1, 0.15) is 37.0 Å². The van der Waals surface area contributed by atoms with E-state index in [4.69, 9.17) is 0 Å². The Balaban J connectivity index is 2.15. The average molecular weight is 245 g/mol. The molecule has 0 fully saturated rings. The maximum absolute atomic E-state index is 4.54. The van der Waals surface area contributed by atoms with Gasteiger partial charge in [-0.15, -0.1) is 0 Å². The van der Waals surface area contributed by atoms with Crippen LogP contribution in [0.2, 0.25) is 0 Å². The predicted octanol–water partition coefficient (Wildman–Crippen LogP) is 2.48. The van der Waals surface area contributed by atoms with E-state index in [2.05, 4.69) is 41.2 Å². The van der Waals surface area contributed by atoms with Crippen molar-refractivity contribution in [2.24, 2.45) is 0 Å². The van der Waals surface area contributed by atoms with E-state index in [-0.39, 0.29) is 0 Å². The molecule has 2 heterocycles. The summed E-state index contributed by atoms with van der Waals surface area (Å²) in [5, 5.41) is 7.93. The molecule has 5 nitrogen and oxygen atoms in total. The van der Waals surface area contributed by atoms with Gasteiger partial charge in [0.1, 0.15) is 0 Å². The van der Waals surface area contributed by atoms with Crippen LogP contribution < -0.4 is 5.32 Å². The highest BCUT2D eigenvalue weighted by Crippen LogP contribution is 2.22. The molecule has 2 aromatic heterocycles. The summed E-state index contributed by atoms with van der Waals surface area (Å²) in [5.41, 5.74) is 4.19. The highest BCUT2D eigenvalue weighted by Gasteiger charge is 2.12. The first kappa shape index (κ1) is 12.5. The molecule has 96 valence electrons. The fourth-order valence-electron chi connectivity index (χ4n) is 2.02. The highest BCUT2D eigenvalue weighted by molar-refractivity contribution is 5.52. The monoisotopic (exact) mass is 245 g/mol. The molecule has 0 spiro atoms. The van der Waals surface area contributed by atoms with E-state index in [9.17, 15) is 0 Å². The molecule has 2 aromatic rings. The zero-order valence-corrected chi connectivity index (χ0v) is 11.3. The van der Waals surface area contributed by atoms with Crippen LogP contribution in [-0.4, -0.2) is 19.7 Å². The summed E-state index contributed by atoms with van der Waals surface area (Å²) in [4.78, 5) is 8.29. The van der Waals surface area contributed by atoms with Gasteiger partial charge in [-0.05, 0) is 27.7 Å². The lowest BCUT2D eigenvalue weighted by Gasteiger charge is -2.09. The first-order valence-electron chi connectivity index (χ1n) is 6.14. The van der Waals surface area contributed by atoms with Gasteiger partial charge in [0.05, 0.1) is 35.5 Å². The van der Waals surface area contributed by atoms with Gasteiger partial charge in [-0.3, -0.25) is 14.6 Å². The third-order valence-electron chi connectivity index (χ3n) is 2.88. The molecule has 0 saturated heterocycles. The second kappa shape index (κ2) is 5.16. The van der Waals surface area contributed by atoms with E-state index in [1.54, 1.807) is 18.6 Å². The Labute approximate surface area is 107 Å². The lowest BCUT2D eigenvalue weighted by molar-refractivity contribution is 0.516. The number of nitrogens with zero attached hydrogens (tertiary/aromatic N) is 4. The van der Waals surface area contributed by atoms with Crippen LogP contribution in [0.3, 0.4) is 0 Å². The molecule has 5 heteroatoms. The maximum Gasteiger partial charge on any atom is 0.0828 e. The fraction of sp³-hybridized carbons (Fsp3) is 0.462. The molecule has 0 radical (unpaired) electrons. The van der Waals surface area contributed by atoms with Crippen LogP contribution in [-0.2, 0) is 6.54 Å². The Morgan fingerprint density at radius 2 is 2.06 bits per heavy atom. The minimum Gasteiger partial charge on any atom is -0.376 e. The summed E-state index contributed by atoms with van der Waals surface area (Å²) in [6.07, 6.45) is 5.15. The number of anilines is 1. The average Bonchev–Trinajstić information content (AvgIpc) is 2.64. The summed E-state index contributed by atoms with van der Waals surface area (Å²) in [6.45, 7) is 9.03. The summed E-state index contributed by atoms with van der Waals surface area (Å²) in [5.74, 6) is 0. The highest BCUT2D eigenvalue weighted by atomic mass is 15.3. The number of rotatable bonds is 4. The molecule has 0 aliphatic rings. The Morgan fingerprint density at radius 3 is 2.61 bits per heavy atom. The molecule has 0 bridgehead atoms. The van der Waals surface area contributed by atoms with E-state index in [0.29, 0.717) is 12.6 Å². The number of aryl methyl sites for hydroxylation is 1. The summed E-state index contributed by atoms with van der Waals surface area (Å²) < 4.78 is 2.04. The van der Waals surface area contributed by atoms with E-state index >= 15 is 0 Å². The van der Waals surface area contributed by atoms with Crippen LogP contribution in [0.4, 0.5) is 5.69 Å². The van der Waals surface area contributed by atoms with E-state index in [1.165, 1.54) is 0 Å². The van der Waals surface area contributed by atoms with Gasteiger partial charge in [0, 0.05) is 18.4 Å². The molecule has 18 heavy (non-hydrogen) atoms.